The summed E-state index contributed by atoms with van der Waals surface area (Å²) in [7, 11) is 0. The molecule has 0 spiro atoms. The first kappa shape index (κ1) is 15.2. The zero-order chi connectivity index (χ0) is 13.9. The molecule has 0 bridgehead atoms. The first-order valence-electron chi connectivity index (χ1n) is 6.48. The highest BCUT2D eigenvalue weighted by Gasteiger charge is 2.06. The molecular weight excluding hydrogens is 242 g/mol. The lowest BCUT2D eigenvalue weighted by molar-refractivity contribution is 0.0314. The molecule has 1 aromatic carbocycles. The smallest absolute Gasteiger partial charge is 0.338 e. The summed E-state index contributed by atoms with van der Waals surface area (Å²) in [5.41, 5.74) is 1.39. The highest BCUT2D eigenvalue weighted by Crippen LogP contribution is 2.06. The van der Waals surface area contributed by atoms with E-state index in [0.29, 0.717) is 25.2 Å². The van der Waals surface area contributed by atoms with E-state index < -0.39 is 0 Å². The predicted molar refractivity (Wildman–Crippen MR) is 71.8 cm³/mol. The Kier molecular flexibility index (Phi) is 7.30. The molecule has 0 heterocycles. The second-order valence-corrected chi connectivity index (χ2v) is 4.13. The van der Waals surface area contributed by atoms with E-state index in [1.54, 1.807) is 24.3 Å². The van der Waals surface area contributed by atoms with Crippen molar-refractivity contribution in [2.45, 2.75) is 26.2 Å². The van der Waals surface area contributed by atoms with E-state index in [4.69, 9.17) is 14.7 Å². The second-order valence-electron chi connectivity index (χ2n) is 4.13. The molecule has 0 saturated carbocycles. The van der Waals surface area contributed by atoms with Crippen molar-refractivity contribution in [1.29, 1.82) is 5.26 Å². The van der Waals surface area contributed by atoms with Gasteiger partial charge >= 0.3 is 5.97 Å². The molecule has 0 unspecified atom stereocenters. The van der Waals surface area contributed by atoms with Gasteiger partial charge in [0.05, 0.1) is 24.7 Å². The van der Waals surface area contributed by atoms with Crippen molar-refractivity contribution in [2.75, 3.05) is 19.8 Å². The molecule has 102 valence electrons. The fourth-order valence-corrected chi connectivity index (χ4v) is 1.48. The summed E-state index contributed by atoms with van der Waals surface area (Å²) in [5.74, 6) is -0.359. The maximum Gasteiger partial charge on any atom is 0.338 e. The standard InChI is InChI=1S/C15H19NO3/c1-2-3-10-18-11-12-19-15(17)14-6-4-13(5-7-14)8-9-16/h4-7H,2-3,8,10-12H2,1H3. The monoisotopic (exact) mass is 261 g/mol. The van der Waals surface area contributed by atoms with Crippen molar-refractivity contribution >= 4 is 5.97 Å². The topological polar surface area (TPSA) is 59.3 Å². The summed E-state index contributed by atoms with van der Waals surface area (Å²) in [6, 6.07) is 8.93. The van der Waals surface area contributed by atoms with Gasteiger partial charge in [0, 0.05) is 6.61 Å². The van der Waals surface area contributed by atoms with Crippen molar-refractivity contribution < 1.29 is 14.3 Å². The Hall–Kier alpha value is -1.86. The third-order valence-electron chi connectivity index (χ3n) is 2.58. The van der Waals surface area contributed by atoms with Gasteiger partial charge in [-0.15, -0.1) is 0 Å². The second kappa shape index (κ2) is 9.12. The van der Waals surface area contributed by atoms with Crippen molar-refractivity contribution in [3.8, 4) is 6.07 Å². The molecular formula is C15H19NO3. The van der Waals surface area contributed by atoms with Crippen LogP contribution < -0.4 is 0 Å². The van der Waals surface area contributed by atoms with Gasteiger partial charge in [0.2, 0.25) is 0 Å². The van der Waals surface area contributed by atoms with Gasteiger partial charge in [-0.2, -0.15) is 5.26 Å². The van der Waals surface area contributed by atoms with Crippen LogP contribution in [-0.4, -0.2) is 25.8 Å². The summed E-state index contributed by atoms with van der Waals surface area (Å²) in [4.78, 5) is 11.7. The van der Waals surface area contributed by atoms with Gasteiger partial charge in [0.25, 0.3) is 0 Å². The SMILES string of the molecule is CCCCOCCOC(=O)c1ccc(CC#N)cc1. The lowest BCUT2D eigenvalue weighted by Gasteiger charge is -2.06. The lowest BCUT2D eigenvalue weighted by atomic mass is 10.1. The van der Waals surface area contributed by atoms with Gasteiger partial charge in [-0.3, -0.25) is 0 Å². The highest BCUT2D eigenvalue weighted by molar-refractivity contribution is 5.89. The molecule has 0 saturated heterocycles. The number of nitrogens with zero attached hydrogens (tertiary/aromatic N) is 1. The van der Waals surface area contributed by atoms with E-state index in [0.717, 1.165) is 18.4 Å². The molecule has 1 rings (SSSR count). The molecule has 0 N–H and O–H groups in total. The number of benzene rings is 1. The van der Waals surface area contributed by atoms with E-state index in [-0.39, 0.29) is 12.6 Å². The normalized spacial score (nSPS) is 9.89. The number of hydrogen-bond acceptors (Lipinski definition) is 4. The number of unbranched alkanes of at least 4 members (excludes halogenated alkanes) is 1. The van der Waals surface area contributed by atoms with Crippen molar-refractivity contribution in [1.82, 2.24) is 0 Å². The largest absolute Gasteiger partial charge is 0.460 e. The average Bonchev–Trinajstić information content (AvgIpc) is 2.43. The third kappa shape index (κ3) is 6.03. The van der Waals surface area contributed by atoms with Crippen LogP contribution in [0.4, 0.5) is 0 Å². The van der Waals surface area contributed by atoms with Crippen molar-refractivity contribution in [3.05, 3.63) is 35.4 Å². The molecule has 0 amide bonds. The van der Waals surface area contributed by atoms with E-state index in [1.165, 1.54) is 0 Å². The summed E-state index contributed by atoms with van der Waals surface area (Å²) >= 11 is 0. The molecule has 4 nitrogen and oxygen atoms in total. The Labute approximate surface area is 113 Å². The predicted octanol–water partition coefficient (Wildman–Crippen LogP) is 2.73. The highest BCUT2D eigenvalue weighted by atomic mass is 16.6. The molecule has 4 heteroatoms. The Morgan fingerprint density at radius 2 is 1.95 bits per heavy atom. The molecule has 1 aromatic rings. The summed E-state index contributed by atoms with van der Waals surface area (Å²) in [6.45, 7) is 3.50. The number of esters is 1. The number of nitriles is 1. The Balaban J connectivity index is 2.27. The number of carbonyl (C=O) groups excluding carboxylic acids is 1. The number of rotatable bonds is 8. The van der Waals surface area contributed by atoms with Gasteiger partial charge in [-0.05, 0) is 24.1 Å². The lowest BCUT2D eigenvalue weighted by Crippen LogP contribution is -2.11. The molecule has 0 aliphatic rings. The van der Waals surface area contributed by atoms with E-state index in [9.17, 15) is 4.79 Å². The van der Waals surface area contributed by atoms with Crippen molar-refractivity contribution in [3.63, 3.8) is 0 Å². The molecule has 0 atom stereocenters. The molecule has 19 heavy (non-hydrogen) atoms. The van der Waals surface area contributed by atoms with Gasteiger partial charge < -0.3 is 9.47 Å². The maximum atomic E-state index is 11.7. The van der Waals surface area contributed by atoms with Crippen LogP contribution in [0, 0.1) is 11.3 Å². The molecule has 0 aliphatic carbocycles. The van der Waals surface area contributed by atoms with Gasteiger partial charge in [-0.25, -0.2) is 4.79 Å². The third-order valence-corrected chi connectivity index (χ3v) is 2.58. The zero-order valence-corrected chi connectivity index (χ0v) is 11.2. The van der Waals surface area contributed by atoms with Gasteiger partial charge in [-0.1, -0.05) is 25.5 Å². The van der Waals surface area contributed by atoms with E-state index in [1.807, 2.05) is 0 Å². The summed E-state index contributed by atoms with van der Waals surface area (Å²) in [5, 5.41) is 8.55. The van der Waals surface area contributed by atoms with Crippen LogP contribution in [0.1, 0.15) is 35.7 Å². The number of carbonyl (C=O) groups is 1. The van der Waals surface area contributed by atoms with Crippen molar-refractivity contribution in [2.24, 2.45) is 0 Å². The average molecular weight is 261 g/mol. The Morgan fingerprint density at radius 3 is 2.58 bits per heavy atom. The van der Waals surface area contributed by atoms with E-state index >= 15 is 0 Å². The fraction of sp³-hybridized carbons (Fsp3) is 0.467. The van der Waals surface area contributed by atoms with Gasteiger partial charge in [0.15, 0.2) is 0 Å². The molecule has 0 fully saturated rings. The van der Waals surface area contributed by atoms with Crippen LogP contribution in [0.2, 0.25) is 0 Å². The number of ether oxygens (including phenoxy) is 2. The Bertz CT molecular complexity index is 420. The van der Waals surface area contributed by atoms with Crippen LogP contribution in [0.3, 0.4) is 0 Å². The molecule has 0 aromatic heterocycles. The minimum Gasteiger partial charge on any atom is -0.460 e. The molecule has 0 aliphatic heterocycles. The van der Waals surface area contributed by atoms with Crippen LogP contribution in [0.25, 0.3) is 0 Å². The minimum absolute atomic E-state index is 0.266. The Morgan fingerprint density at radius 1 is 1.21 bits per heavy atom. The maximum absolute atomic E-state index is 11.7. The first-order valence-corrected chi connectivity index (χ1v) is 6.48. The summed E-state index contributed by atoms with van der Waals surface area (Å²) in [6.07, 6.45) is 2.46. The van der Waals surface area contributed by atoms with E-state index in [2.05, 4.69) is 13.0 Å². The first-order chi connectivity index (χ1) is 9.27. The molecule has 0 radical (unpaired) electrons. The van der Waals surface area contributed by atoms with Crippen LogP contribution in [0.5, 0.6) is 0 Å². The fourth-order valence-electron chi connectivity index (χ4n) is 1.48. The quantitative estimate of drug-likeness (QED) is 0.533. The van der Waals surface area contributed by atoms with Crippen LogP contribution in [0.15, 0.2) is 24.3 Å². The minimum atomic E-state index is -0.359. The zero-order valence-electron chi connectivity index (χ0n) is 11.2. The van der Waals surface area contributed by atoms with Gasteiger partial charge in [0.1, 0.15) is 6.61 Å². The van der Waals surface area contributed by atoms with Crippen LogP contribution >= 0.6 is 0 Å². The summed E-state index contributed by atoms with van der Waals surface area (Å²) < 4.78 is 10.4. The van der Waals surface area contributed by atoms with Crippen LogP contribution in [-0.2, 0) is 15.9 Å². The number of hydrogen-bond donors (Lipinski definition) is 0.